The normalized spacial score (nSPS) is 12.0. The van der Waals surface area contributed by atoms with Gasteiger partial charge in [0.15, 0.2) is 0 Å². The number of methoxy groups -OCH3 is 1. The lowest BCUT2D eigenvalue weighted by Gasteiger charge is -2.21. The fourth-order valence-electron chi connectivity index (χ4n) is 3.28. The second-order valence-electron chi connectivity index (χ2n) is 5.62. The molecule has 1 aliphatic rings. The SMILES string of the molecule is COc1ccc2nc3c4c(cccc4c2c1)Oc1ccccc1-3. The van der Waals surface area contributed by atoms with Crippen LogP contribution in [0.15, 0.2) is 60.7 Å². The van der Waals surface area contributed by atoms with Gasteiger partial charge in [0.25, 0.3) is 0 Å². The number of benzene rings is 3. The Labute approximate surface area is 133 Å². The van der Waals surface area contributed by atoms with Gasteiger partial charge in [-0.15, -0.1) is 0 Å². The van der Waals surface area contributed by atoms with Gasteiger partial charge in [0.2, 0.25) is 0 Å². The van der Waals surface area contributed by atoms with E-state index in [9.17, 15) is 0 Å². The molecule has 0 saturated carbocycles. The fraction of sp³-hybridized carbons (Fsp3) is 0.0500. The molecule has 0 amide bonds. The monoisotopic (exact) mass is 299 g/mol. The molecule has 0 saturated heterocycles. The van der Waals surface area contributed by atoms with Gasteiger partial charge in [-0.05, 0) is 41.8 Å². The van der Waals surface area contributed by atoms with Crippen LogP contribution >= 0.6 is 0 Å². The zero-order chi connectivity index (χ0) is 15.4. The lowest BCUT2D eigenvalue weighted by Crippen LogP contribution is -1.99. The van der Waals surface area contributed by atoms with E-state index in [1.54, 1.807) is 7.11 Å². The third kappa shape index (κ3) is 1.67. The molecular formula is C20H13NO2. The summed E-state index contributed by atoms with van der Waals surface area (Å²) in [5.41, 5.74) is 2.98. The summed E-state index contributed by atoms with van der Waals surface area (Å²) in [6.07, 6.45) is 0. The lowest BCUT2D eigenvalue weighted by atomic mass is 9.97. The van der Waals surface area contributed by atoms with Crippen molar-refractivity contribution in [3.63, 3.8) is 0 Å². The van der Waals surface area contributed by atoms with E-state index in [0.717, 1.165) is 50.2 Å². The van der Waals surface area contributed by atoms with E-state index in [1.165, 1.54) is 0 Å². The van der Waals surface area contributed by atoms with Gasteiger partial charge < -0.3 is 9.47 Å². The maximum absolute atomic E-state index is 6.08. The highest BCUT2D eigenvalue weighted by molar-refractivity contribution is 6.14. The van der Waals surface area contributed by atoms with E-state index < -0.39 is 0 Å². The molecule has 3 nitrogen and oxygen atoms in total. The first-order valence-electron chi connectivity index (χ1n) is 7.53. The van der Waals surface area contributed by atoms with Crippen LogP contribution in [0.3, 0.4) is 0 Å². The summed E-state index contributed by atoms with van der Waals surface area (Å²) < 4.78 is 11.5. The summed E-state index contributed by atoms with van der Waals surface area (Å²) in [6.45, 7) is 0. The predicted molar refractivity (Wildman–Crippen MR) is 91.3 cm³/mol. The van der Waals surface area contributed by atoms with Crippen molar-refractivity contribution in [2.45, 2.75) is 0 Å². The van der Waals surface area contributed by atoms with Crippen LogP contribution in [0.4, 0.5) is 0 Å². The Morgan fingerprint density at radius 3 is 2.65 bits per heavy atom. The first kappa shape index (κ1) is 12.5. The number of para-hydroxylation sites is 1. The molecule has 0 spiro atoms. The number of nitrogens with zero attached hydrogens (tertiary/aromatic N) is 1. The molecule has 1 aliphatic heterocycles. The summed E-state index contributed by atoms with van der Waals surface area (Å²) >= 11 is 0. The second-order valence-corrected chi connectivity index (χ2v) is 5.62. The zero-order valence-corrected chi connectivity index (χ0v) is 12.5. The maximum atomic E-state index is 6.08. The van der Waals surface area contributed by atoms with E-state index in [0.29, 0.717) is 0 Å². The highest BCUT2D eigenvalue weighted by Crippen LogP contribution is 2.47. The molecular weight excluding hydrogens is 286 g/mol. The third-order valence-electron chi connectivity index (χ3n) is 4.35. The van der Waals surface area contributed by atoms with Gasteiger partial charge in [-0.3, -0.25) is 0 Å². The minimum Gasteiger partial charge on any atom is -0.497 e. The Balaban J connectivity index is 1.99. The average Bonchev–Trinajstić information content (AvgIpc) is 2.61. The van der Waals surface area contributed by atoms with E-state index in [2.05, 4.69) is 12.1 Å². The maximum Gasteiger partial charge on any atom is 0.137 e. The molecule has 3 aromatic carbocycles. The predicted octanol–water partition coefficient (Wildman–Crippen LogP) is 5.17. The van der Waals surface area contributed by atoms with Crippen molar-refractivity contribution >= 4 is 21.7 Å². The van der Waals surface area contributed by atoms with Crippen molar-refractivity contribution in [1.29, 1.82) is 0 Å². The van der Waals surface area contributed by atoms with Gasteiger partial charge in [0, 0.05) is 10.9 Å². The summed E-state index contributed by atoms with van der Waals surface area (Å²) in [4.78, 5) is 4.92. The van der Waals surface area contributed by atoms with Crippen LogP contribution in [0.1, 0.15) is 0 Å². The number of hydrogen-bond donors (Lipinski definition) is 0. The Hall–Kier alpha value is -3.07. The topological polar surface area (TPSA) is 31.4 Å². The Morgan fingerprint density at radius 2 is 1.74 bits per heavy atom. The standard InChI is InChI=1S/C20H13NO2/c1-22-12-9-10-16-15(11-12)13-6-4-8-18-19(13)20(21-16)14-5-2-3-7-17(14)23-18/h2-11H,1H3. The van der Waals surface area contributed by atoms with Crippen molar-refractivity contribution < 1.29 is 9.47 Å². The smallest absolute Gasteiger partial charge is 0.137 e. The van der Waals surface area contributed by atoms with Crippen LogP contribution in [0, 0.1) is 0 Å². The summed E-state index contributed by atoms with van der Waals surface area (Å²) in [5, 5.41) is 3.27. The van der Waals surface area contributed by atoms with Crippen LogP contribution in [0.25, 0.3) is 32.9 Å². The highest BCUT2D eigenvalue weighted by Gasteiger charge is 2.22. The molecule has 0 aliphatic carbocycles. The van der Waals surface area contributed by atoms with Gasteiger partial charge in [-0.1, -0.05) is 24.3 Å². The second kappa shape index (κ2) is 4.46. The number of rotatable bonds is 1. The molecule has 3 heteroatoms. The Bertz CT molecular complexity index is 1090. The van der Waals surface area contributed by atoms with Gasteiger partial charge in [-0.2, -0.15) is 0 Å². The molecule has 4 aromatic rings. The molecule has 5 rings (SSSR count). The van der Waals surface area contributed by atoms with E-state index in [4.69, 9.17) is 14.5 Å². The Kier molecular flexibility index (Phi) is 2.42. The van der Waals surface area contributed by atoms with Crippen molar-refractivity contribution in [3.05, 3.63) is 60.7 Å². The molecule has 2 heterocycles. The molecule has 0 unspecified atom stereocenters. The van der Waals surface area contributed by atoms with Crippen molar-refractivity contribution in [3.8, 4) is 28.5 Å². The number of aromatic nitrogens is 1. The van der Waals surface area contributed by atoms with Crippen LogP contribution in [0.5, 0.6) is 17.2 Å². The number of ether oxygens (including phenoxy) is 2. The van der Waals surface area contributed by atoms with Crippen LogP contribution < -0.4 is 9.47 Å². The summed E-state index contributed by atoms with van der Waals surface area (Å²) in [7, 11) is 1.68. The van der Waals surface area contributed by atoms with Gasteiger partial charge in [0.1, 0.15) is 17.2 Å². The molecule has 0 bridgehead atoms. The van der Waals surface area contributed by atoms with Gasteiger partial charge >= 0.3 is 0 Å². The van der Waals surface area contributed by atoms with Crippen molar-refractivity contribution in [2.75, 3.05) is 7.11 Å². The van der Waals surface area contributed by atoms with Crippen LogP contribution in [0.2, 0.25) is 0 Å². The van der Waals surface area contributed by atoms with Crippen LogP contribution in [-0.4, -0.2) is 12.1 Å². The minimum absolute atomic E-state index is 0.831. The average molecular weight is 299 g/mol. The van der Waals surface area contributed by atoms with Gasteiger partial charge in [-0.25, -0.2) is 4.98 Å². The number of fused-ring (bicyclic) bond motifs is 4. The highest BCUT2D eigenvalue weighted by atomic mass is 16.5. The molecule has 0 atom stereocenters. The molecule has 0 radical (unpaired) electrons. The first-order chi connectivity index (χ1) is 11.3. The quantitative estimate of drug-likeness (QED) is 0.400. The fourth-order valence-corrected chi connectivity index (χ4v) is 3.28. The molecule has 23 heavy (non-hydrogen) atoms. The summed E-state index contributed by atoms with van der Waals surface area (Å²) in [5.74, 6) is 2.54. The molecule has 1 aromatic heterocycles. The lowest BCUT2D eigenvalue weighted by molar-refractivity contribution is 0.415. The molecule has 0 N–H and O–H groups in total. The van der Waals surface area contributed by atoms with E-state index >= 15 is 0 Å². The zero-order valence-electron chi connectivity index (χ0n) is 12.5. The molecule has 0 fully saturated rings. The van der Waals surface area contributed by atoms with Crippen molar-refractivity contribution in [2.24, 2.45) is 0 Å². The largest absolute Gasteiger partial charge is 0.497 e. The van der Waals surface area contributed by atoms with Crippen molar-refractivity contribution in [1.82, 2.24) is 4.98 Å². The summed E-state index contributed by atoms with van der Waals surface area (Å²) in [6, 6.07) is 20.2. The minimum atomic E-state index is 0.831. The van der Waals surface area contributed by atoms with E-state index in [1.807, 2.05) is 48.5 Å². The van der Waals surface area contributed by atoms with E-state index in [-0.39, 0.29) is 0 Å². The number of hydrogen-bond acceptors (Lipinski definition) is 3. The third-order valence-corrected chi connectivity index (χ3v) is 4.35. The van der Waals surface area contributed by atoms with Crippen LogP contribution in [-0.2, 0) is 0 Å². The first-order valence-corrected chi connectivity index (χ1v) is 7.53. The molecule has 110 valence electrons. The van der Waals surface area contributed by atoms with Gasteiger partial charge in [0.05, 0.1) is 23.7 Å². The Morgan fingerprint density at radius 1 is 0.870 bits per heavy atom. The number of pyridine rings is 1.